The molecule has 60 valence electrons. The topological polar surface area (TPSA) is 76.0 Å². The van der Waals surface area contributed by atoms with Crippen LogP contribution in [0.1, 0.15) is 0 Å². The van der Waals surface area contributed by atoms with Crippen molar-refractivity contribution in [1.82, 2.24) is 4.98 Å². The van der Waals surface area contributed by atoms with Gasteiger partial charge in [-0.25, -0.2) is 0 Å². The Kier molecular flexibility index (Phi) is 2.19. The van der Waals surface area contributed by atoms with E-state index in [9.17, 15) is 14.9 Å². The monoisotopic (exact) mass is 184 g/mol. The lowest BCUT2D eigenvalue weighted by Gasteiger charge is -1.96. The molecule has 2 radical (unpaired) electrons. The second kappa shape index (κ2) is 2.98. The lowest BCUT2D eigenvalue weighted by molar-refractivity contribution is -0.386. The summed E-state index contributed by atoms with van der Waals surface area (Å²) in [6.45, 7) is 0. The molecule has 0 atom stereocenters. The highest BCUT2D eigenvalue weighted by Crippen LogP contribution is 2.14. The van der Waals surface area contributed by atoms with Crippen molar-refractivity contribution in [2.75, 3.05) is 0 Å². The van der Waals surface area contributed by atoms with Gasteiger partial charge in [0.25, 0.3) is 0 Å². The van der Waals surface area contributed by atoms with Crippen LogP contribution < -0.4 is 11.0 Å². The molecule has 5 nitrogen and oxygen atoms in total. The Bertz CT molecular complexity index is 389. The van der Waals surface area contributed by atoms with E-state index in [1.54, 1.807) is 0 Å². The Labute approximate surface area is 72.9 Å². The summed E-state index contributed by atoms with van der Waals surface area (Å²) in [7, 11) is 5.22. The van der Waals surface area contributed by atoms with Crippen molar-refractivity contribution in [2.24, 2.45) is 0 Å². The minimum atomic E-state index is -0.877. The molecule has 0 bridgehead atoms. The molecular formula is C5H2BClN2O3. The van der Waals surface area contributed by atoms with Gasteiger partial charge < -0.3 is 4.98 Å². The van der Waals surface area contributed by atoms with Crippen LogP contribution in [0.25, 0.3) is 0 Å². The second-order valence-corrected chi connectivity index (χ2v) is 2.37. The summed E-state index contributed by atoms with van der Waals surface area (Å²) in [5.74, 6) is 0. The molecule has 12 heavy (non-hydrogen) atoms. The summed E-state index contributed by atoms with van der Waals surface area (Å²) in [5.41, 5.74) is -1.61. The maximum absolute atomic E-state index is 10.8. The second-order valence-electron chi connectivity index (χ2n) is 1.99. The van der Waals surface area contributed by atoms with Crippen molar-refractivity contribution in [1.29, 1.82) is 0 Å². The van der Waals surface area contributed by atoms with Gasteiger partial charge in [-0.05, 0) is 6.20 Å². The predicted molar refractivity (Wildman–Crippen MR) is 44.1 cm³/mol. The SMILES string of the molecule is [B]c1c[nH]c(=O)c([N+](=O)[O-])c1Cl. The number of nitrogens with zero attached hydrogens (tertiary/aromatic N) is 1. The Hall–Kier alpha value is -1.30. The molecule has 0 fully saturated rings. The van der Waals surface area contributed by atoms with Gasteiger partial charge in [0, 0.05) is 0 Å². The number of aromatic nitrogens is 1. The van der Waals surface area contributed by atoms with E-state index in [0.29, 0.717) is 0 Å². The number of H-pyrrole nitrogens is 1. The van der Waals surface area contributed by atoms with Gasteiger partial charge in [0.15, 0.2) is 0 Å². The van der Waals surface area contributed by atoms with Crippen LogP contribution in [0.15, 0.2) is 11.0 Å². The maximum Gasteiger partial charge on any atom is 0.351 e. The Morgan fingerprint density at radius 2 is 2.25 bits per heavy atom. The van der Waals surface area contributed by atoms with Crippen LogP contribution in [-0.2, 0) is 0 Å². The molecule has 0 aliphatic heterocycles. The lowest BCUT2D eigenvalue weighted by Crippen LogP contribution is -2.19. The number of hydrogen-bond donors (Lipinski definition) is 1. The Balaban J connectivity index is 3.54. The van der Waals surface area contributed by atoms with Gasteiger partial charge in [0.05, 0.1) is 4.92 Å². The van der Waals surface area contributed by atoms with Gasteiger partial charge in [0.1, 0.15) is 12.9 Å². The maximum atomic E-state index is 10.8. The van der Waals surface area contributed by atoms with Crippen LogP contribution in [0.3, 0.4) is 0 Å². The molecule has 0 aliphatic carbocycles. The molecule has 1 rings (SSSR count). The molecule has 0 amide bonds. The first-order valence-corrected chi connectivity index (χ1v) is 3.23. The predicted octanol–water partition coefficient (Wildman–Crippen LogP) is -0.270. The minimum absolute atomic E-state index is 0.0250. The zero-order valence-corrected chi connectivity index (χ0v) is 6.46. The van der Waals surface area contributed by atoms with Gasteiger partial charge >= 0.3 is 11.2 Å². The summed E-state index contributed by atoms with van der Waals surface area (Å²) >= 11 is 5.41. The minimum Gasteiger partial charge on any atom is -0.324 e. The summed E-state index contributed by atoms with van der Waals surface area (Å²) in [4.78, 5) is 22.2. The number of hydrogen-bond acceptors (Lipinski definition) is 3. The van der Waals surface area contributed by atoms with E-state index in [4.69, 9.17) is 19.4 Å². The summed E-state index contributed by atoms with van der Waals surface area (Å²) in [6, 6.07) is 0. The van der Waals surface area contributed by atoms with E-state index in [0.717, 1.165) is 6.20 Å². The fraction of sp³-hybridized carbons (Fsp3) is 0. The van der Waals surface area contributed by atoms with Crippen LogP contribution >= 0.6 is 11.6 Å². The molecule has 0 saturated heterocycles. The first-order valence-electron chi connectivity index (χ1n) is 2.85. The van der Waals surface area contributed by atoms with E-state index in [-0.39, 0.29) is 10.5 Å². The van der Waals surface area contributed by atoms with Crippen molar-refractivity contribution in [3.63, 3.8) is 0 Å². The third-order valence-electron chi connectivity index (χ3n) is 1.22. The Morgan fingerprint density at radius 3 is 2.67 bits per heavy atom. The normalized spacial score (nSPS) is 9.75. The van der Waals surface area contributed by atoms with Gasteiger partial charge in [-0.15, -0.1) is 0 Å². The van der Waals surface area contributed by atoms with Gasteiger partial charge in [-0.2, -0.15) is 0 Å². The number of aromatic amines is 1. The van der Waals surface area contributed by atoms with E-state index >= 15 is 0 Å². The molecule has 1 aromatic rings. The van der Waals surface area contributed by atoms with Crippen LogP contribution in [0.2, 0.25) is 5.02 Å². The highest BCUT2D eigenvalue weighted by atomic mass is 35.5. The first kappa shape index (κ1) is 8.80. The quantitative estimate of drug-likeness (QED) is 0.371. The molecule has 1 aromatic heterocycles. The zero-order chi connectivity index (χ0) is 9.30. The largest absolute Gasteiger partial charge is 0.351 e. The molecule has 0 aliphatic rings. The molecule has 0 spiro atoms. The summed E-state index contributed by atoms with van der Waals surface area (Å²) in [5, 5.41) is 9.91. The first-order chi connectivity index (χ1) is 5.54. The van der Waals surface area contributed by atoms with Gasteiger partial charge in [-0.3, -0.25) is 14.9 Å². The molecule has 0 aromatic carbocycles. The van der Waals surface area contributed by atoms with Gasteiger partial charge in [0.2, 0.25) is 0 Å². The van der Waals surface area contributed by atoms with Crippen molar-refractivity contribution in [3.05, 3.63) is 31.7 Å². The van der Waals surface area contributed by atoms with Crippen molar-refractivity contribution in [3.8, 4) is 0 Å². The van der Waals surface area contributed by atoms with E-state index in [1.807, 2.05) is 0 Å². The van der Waals surface area contributed by atoms with E-state index in [2.05, 4.69) is 4.98 Å². The fourth-order valence-electron chi connectivity index (χ4n) is 0.674. The number of nitrogens with one attached hydrogen (secondary N) is 1. The number of nitro groups is 1. The highest BCUT2D eigenvalue weighted by molar-refractivity contribution is 6.46. The number of halogens is 1. The zero-order valence-electron chi connectivity index (χ0n) is 5.70. The molecule has 1 N–H and O–H groups in total. The van der Waals surface area contributed by atoms with Gasteiger partial charge in [-0.1, -0.05) is 17.1 Å². The van der Waals surface area contributed by atoms with Crippen LogP contribution in [0.4, 0.5) is 5.69 Å². The lowest BCUT2D eigenvalue weighted by atomic mass is 9.98. The average molecular weight is 184 g/mol. The molecule has 0 saturated carbocycles. The van der Waals surface area contributed by atoms with Crippen LogP contribution in [0.5, 0.6) is 0 Å². The number of rotatable bonds is 1. The van der Waals surface area contributed by atoms with E-state index in [1.165, 1.54) is 0 Å². The third kappa shape index (κ3) is 1.33. The smallest absolute Gasteiger partial charge is 0.324 e. The Morgan fingerprint density at radius 1 is 1.67 bits per heavy atom. The van der Waals surface area contributed by atoms with Crippen molar-refractivity contribution in [2.45, 2.75) is 0 Å². The highest BCUT2D eigenvalue weighted by Gasteiger charge is 2.18. The van der Waals surface area contributed by atoms with Crippen molar-refractivity contribution >= 4 is 30.6 Å². The van der Waals surface area contributed by atoms with E-state index < -0.39 is 16.2 Å². The fourth-order valence-corrected chi connectivity index (χ4v) is 0.884. The number of pyridine rings is 1. The third-order valence-corrected chi connectivity index (χ3v) is 1.61. The molecule has 7 heteroatoms. The molecule has 1 heterocycles. The standard InChI is InChI=1S/C5H2BClN2O3/c6-2-1-8-5(10)4(3(2)7)9(11)12/h1H,(H,8,10). The average Bonchev–Trinajstić information content (AvgIpc) is 1.97. The van der Waals surface area contributed by atoms with Crippen molar-refractivity contribution < 1.29 is 4.92 Å². The summed E-state index contributed by atoms with van der Waals surface area (Å²) < 4.78 is 0. The molecular weight excluding hydrogens is 182 g/mol. The molecule has 0 unspecified atom stereocenters. The summed E-state index contributed by atoms with van der Waals surface area (Å²) in [6.07, 6.45) is 1.11. The van der Waals surface area contributed by atoms with Crippen LogP contribution in [0, 0.1) is 10.1 Å². The van der Waals surface area contributed by atoms with Crippen LogP contribution in [-0.4, -0.2) is 17.8 Å².